The number of ether oxygens (including phenoxy) is 1. The summed E-state index contributed by atoms with van der Waals surface area (Å²) in [5.41, 5.74) is 1.79. The first-order valence-corrected chi connectivity index (χ1v) is 9.34. The number of carbonyl (C=O) groups is 1. The molecular weight excluding hydrogens is 351 g/mol. The van der Waals surface area contributed by atoms with Crippen molar-refractivity contribution in [2.75, 3.05) is 18.3 Å². The summed E-state index contributed by atoms with van der Waals surface area (Å²) in [6.45, 7) is 0. The lowest BCUT2D eigenvalue weighted by atomic mass is 10.1. The Labute approximate surface area is 156 Å². The van der Waals surface area contributed by atoms with E-state index in [4.69, 9.17) is 4.74 Å². The monoisotopic (exact) mass is 370 g/mol. The molecule has 6 heteroatoms. The standard InChI is InChI=1S/C20H19FN2O2S/c1-25-19(24)18-17(13-8-14-6-4-3-5-7-14)23(20(22-18)26-2)16-11-9-15(21)10-12-16/h3-13,17-18H,1-2H3/b13-8+. The van der Waals surface area contributed by atoms with Gasteiger partial charge in [0.2, 0.25) is 0 Å². The van der Waals surface area contributed by atoms with Crippen molar-refractivity contribution in [2.45, 2.75) is 12.1 Å². The third-order valence-corrected chi connectivity index (χ3v) is 4.76. The number of carbonyl (C=O) groups excluding carboxylic acids is 1. The number of hydrogen-bond donors (Lipinski definition) is 0. The van der Waals surface area contributed by atoms with E-state index in [1.54, 1.807) is 12.1 Å². The molecule has 0 aromatic heterocycles. The largest absolute Gasteiger partial charge is 0.467 e. The van der Waals surface area contributed by atoms with Crippen molar-refractivity contribution in [3.63, 3.8) is 0 Å². The van der Waals surface area contributed by atoms with E-state index in [0.717, 1.165) is 11.3 Å². The molecule has 1 heterocycles. The highest BCUT2D eigenvalue weighted by Crippen LogP contribution is 2.31. The smallest absolute Gasteiger partial charge is 0.333 e. The number of halogens is 1. The quantitative estimate of drug-likeness (QED) is 0.763. The number of benzene rings is 2. The van der Waals surface area contributed by atoms with Crippen LogP contribution in [0.4, 0.5) is 10.1 Å². The van der Waals surface area contributed by atoms with E-state index in [1.807, 2.05) is 53.6 Å². The highest BCUT2D eigenvalue weighted by Gasteiger charge is 2.40. The molecule has 1 aliphatic rings. The summed E-state index contributed by atoms with van der Waals surface area (Å²) in [7, 11) is 1.36. The average Bonchev–Trinajstić information content (AvgIpc) is 3.05. The van der Waals surface area contributed by atoms with Crippen molar-refractivity contribution in [3.05, 3.63) is 72.1 Å². The van der Waals surface area contributed by atoms with Crippen LogP contribution in [-0.2, 0) is 9.53 Å². The minimum Gasteiger partial charge on any atom is -0.467 e. The molecule has 134 valence electrons. The van der Waals surface area contributed by atoms with E-state index in [9.17, 15) is 9.18 Å². The molecule has 2 unspecified atom stereocenters. The molecule has 1 aliphatic heterocycles. The normalized spacial score (nSPS) is 19.7. The summed E-state index contributed by atoms with van der Waals surface area (Å²) < 4.78 is 18.3. The van der Waals surface area contributed by atoms with E-state index in [1.165, 1.54) is 31.0 Å². The van der Waals surface area contributed by atoms with Gasteiger partial charge in [-0.2, -0.15) is 0 Å². The number of nitrogens with zero attached hydrogens (tertiary/aromatic N) is 2. The predicted octanol–water partition coefficient (Wildman–Crippen LogP) is 3.99. The first-order valence-electron chi connectivity index (χ1n) is 8.11. The summed E-state index contributed by atoms with van der Waals surface area (Å²) >= 11 is 1.44. The predicted molar refractivity (Wildman–Crippen MR) is 105 cm³/mol. The second kappa shape index (κ2) is 8.19. The molecule has 0 fully saturated rings. The third kappa shape index (κ3) is 3.80. The summed E-state index contributed by atoms with van der Waals surface area (Å²) in [6, 6.07) is 15.0. The fourth-order valence-corrected chi connectivity index (χ4v) is 3.48. The van der Waals surface area contributed by atoms with Gasteiger partial charge < -0.3 is 9.64 Å². The van der Waals surface area contributed by atoms with Crippen LogP contribution in [0.1, 0.15) is 5.56 Å². The van der Waals surface area contributed by atoms with Crippen LogP contribution >= 0.6 is 11.8 Å². The molecule has 4 nitrogen and oxygen atoms in total. The summed E-state index contributed by atoms with van der Waals surface area (Å²) in [4.78, 5) is 18.7. The molecular formula is C20H19FN2O2S. The van der Waals surface area contributed by atoms with Crippen LogP contribution in [0, 0.1) is 5.82 Å². The molecule has 0 saturated heterocycles. The Morgan fingerprint density at radius 2 is 1.88 bits per heavy atom. The second-order valence-electron chi connectivity index (χ2n) is 5.69. The van der Waals surface area contributed by atoms with Crippen molar-refractivity contribution < 1.29 is 13.9 Å². The Morgan fingerprint density at radius 3 is 2.50 bits per heavy atom. The van der Waals surface area contributed by atoms with Gasteiger partial charge in [0, 0.05) is 5.69 Å². The molecule has 0 saturated carbocycles. The van der Waals surface area contributed by atoms with Gasteiger partial charge in [-0.15, -0.1) is 0 Å². The van der Waals surface area contributed by atoms with Gasteiger partial charge in [0.1, 0.15) is 5.82 Å². The number of amidine groups is 1. The van der Waals surface area contributed by atoms with Crippen LogP contribution in [0.25, 0.3) is 6.08 Å². The second-order valence-corrected chi connectivity index (χ2v) is 6.46. The number of hydrogen-bond acceptors (Lipinski definition) is 5. The van der Waals surface area contributed by atoms with Gasteiger partial charge in [0.15, 0.2) is 11.2 Å². The number of rotatable bonds is 4. The average molecular weight is 370 g/mol. The number of anilines is 1. The first-order chi connectivity index (χ1) is 12.6. The Balaban J connectivity index is 1.99. The molecule has 0 aliphatic carbocycles. The molecule has 0 radical (unpaired) electrons. The molecule has 26 heavy (non-hydrogen) atoms. The molecule has 0 amide bonds. The van der Waals surface area contributed by atoms with Crippen molar-refractivity contribution in [1.29, 1.82) is 0 Å². The molecule has 0 N–H and O–H groups in total. The van der Waals surface area contributed by atoms with E-state index < -0.39 is 12.0 Å². The van der Waals surface area contributed by atoms with Gasteiger partial charge in [-0.25, -0.2) is 14.2 Å². The lowest BCUT2D eigenvalue weighted by molar-refractivity contribution is -0.142. The van der Waals surface area contributed by atoms with Crippen LogP contribution in [0.15, 0.2) is 65.7 Å². The summed E-state index contributed by atoms with van der Waals surface area (Å²) in [5, 5.41) is 0.690. The van der Waals surface area contributed by atoms with Crippen molar-refractivity contribution >= 4 is 34.7 Å². The molecule has 2 aromatic rings. The SMILES string of the molecule is COC(=O)C1N=C(SC)N(c2ccc(F)cc2)C1/C=C/c1ccccc1. The fourth-order valence-electron chi connectivity index (χ4n) is 2.84. The molecule has 2 aromatic carbocycles. The zero-order valence-corrected chi connectivity index (χ0v) is 15.3. The Kier molecular flexibility index (Phi) is 5.73. The van der Waals surface area contributed by atoms with Gasteiger partial charge in [-0.3, -0.25) is 0 Å². The van der Waals surface area contributed by atoms with Gasteiger partial charge in [0.25, 0.3) is 0 Å². The zero-order valence-electron chi connectivity index (χ0n) is 14.5. The fraction of sp³-hybridized carbons (Fsp3) is 0.200. The lowest BCUT2D eigenvalue weighted by Crippen LogP contribution is -2.41. The van der Waals surface area contributed by atoms with E-state index in [2.05, 4.69) is 4.99 Å². The third-order valence-electron chi connectivity index (χ3n) is 4.09. The maximum absolute atomic E-state index is 13.3. The molecule has 2 atom stereocenters. The Bertz CT molecular complexity index is 821. The molecule has 3 rings (SSSR count). The maximum Gasteiger partial charge on any atom is 0.333 e. The Morgan fingerprint density at radius 1 is 1.19 bits per heavy atom. The van der Waals surface area contributed by atoms with Crippen LogP contribution in [0.3, 0.4) is 0 Å². The lowest BCUT2D eigenvalue weighted by Gasteiger charge is -2.27. The number of esters is 1. The topological polar surface area (TPSA) is 41.9 Å². The number of methoxy groups -OCH3 is 1. The van der Waals surface area contributed by atoms with Crippen LogP contribution in [0.2, 0.25) is 0 Å². The zero-order chi connectivity index (χ0) is 18.5. The minimum absolute atomic E-state index is 0.309. The van der Waals surface area contributed by atoms with E-state index in [-0.39, 0.29) is 11.9 Å². The van der Waals surface area contributed by atoms with Crippen molar-refractivity contribution in [2.24, 2.45) is 4.99 Å². The van der Waals surface area contributed by atoms with Gasteiger partial charge in [-0.05, 0) is 36.1 Å². The van der Waals surface area contributed by atoms with Crippen LogP contribution in [-0.4, -0.2) is 36.6 Å². The van der Waals surface area contributed by atoms with Crippen LogP contribution in [0.5, 0.6) is 0 Å². The highest BCUT2D eigenvalue weighted by molar-refractivity contribution is 8.13. The van der Waals surface area contributed by atoms with Gasteiger partial charge in [0.05, 0.1) is 13.2 Å². The Hall–Kier alpha value is -2.60. The van der Waals surface area contributed by atoms with Gasteiger partial charge >= 0.3 is 5.97 Å². The first kappa shape index (κ1) is 18.2. The minimum atomic E-state index is -0.674. The van der Waals surface area contributed by atoms with E-state index >= 15 is 0 Å². The highest BCUT2D eigenvalue weighted by atomic mass is 32.2. The van der Waals surface area contributed by atoms with Crippen molar-refractivity contribution in [1.82, 2.24) is 0 Å². The number of aliphatic imine (C=N–C) groups is 1. The summed E-state index contributed by atoms with van der Waals surface area (Å²) in [5.74, 6) is -0.708. The number of thioether (sulfide) groups is 1. The molecule has 0 spiro atoms. The maximum atomic E-state index is 13.3. The summed E-state index contributed by atoms with van der Waals surface area (Å²) in [6.07, 6.45) is 5.79. The van der Waals surface area contributed by atoms with Crippen LogP contribution < -0.4 is 4.90 Å². The van der Waals surface area contributed by atoms with Gasteiger partial charge in [-0.1, -0.05) is 54.2 Å². The van der Waals surface area contributed by atoms with E-state index in [0.29, 0.717) is 5.17 Å². The van der Waals surface area contributed by atoms with Crippen molar-refractivity contribution in [3.8, 4) is 0 Å². The molecule has 0 bridgehead atoms.